The third kappa shape index (κ3) is 4.00. The first-order valence-corrected chi connectivity index (χ1v) is 6.16. The van der Waals surface area contributed by atoms with E-state index in [1.54, 1.807) is 0 Å². The number of unbranched alkanes of at least 4 members (excludes halogenated alkanes) is 1. The molecule has 100 valence electrons. The van der Waals surface area contributed by atoms with Crippen molar-refractivity contribution in [2.75, 3.05) is 19.8 Å². The van der Waals surface area contributed by atoms with E-state index in [4.69, 9.17) is 15.7 Å². The van der Waals surface area contributed by atoms with E-state index in [1.807, 2.05) is 0 Å². The third-order valence-corrected chi connectivity index (χ3v) is 3.13. The number of nitrogens with one attached hydrogen (secondary N) is 1. The first-order chi connectivity index (χ1) is 8.60. The van der Waals surface area contributed by atoms with E-state index in [0.717, 1.165) is 0 Å². The number of primary amides is 1. The maximum Gasteiger partial charge on any atom is 0.240 e. The summed E-state index contributed by atoms with van der Waals surface area (Å²) in [5, 5.41) is 11.9. The zero-order valence-corrected chi connectivity index (χ0v) is 10.4. The van der Waals surface area contributed by atoms with E-state index >= 15 is 0 Å². The fourth-order valence-electron chi connectivity index (χ4n) is 1.90. The van der Waals surface area contributed by atoms with Crippen molar-refractivity contribution in [3.63, 3.8) is 0 Å². The SMILES string of the molecule is N#CC1(C(=O)NCCCCC(N)=O)CCOCC1. The van der Waals surface area contributed by atoms with Crippen LogP contribution in [0.5, 0.6) is 0 Å². The van der Waals surface area contributed by atoms with Crippen LogP contribution >= 0.6 is 0 Å². The average molecular weight is 253 g/mol. The van der Waals surface area contributed by atoms with Gasteiger partial charge in [-0.2, -0.15) is 5.26 Å². The first-order valence-electron chi connectivity index (χ1n) is 6.16. The summed E-state index contributed by atoms with van der Waals surface area (Å²) < 4.78 is 5.16. The van der Waals surface area contributed by atoms with Crippen molar-refractivity contribution in [3.05, 3.63) is 0 Å². The highest BCUT2D eigenvalue weighted by Crippen LogP contribution is 2.29. The Labute approximate surface area is 106 Å². The van der Waals surface area contributed by atoms with Crippen LogP contribution in [-0.4, -0.2) is 31.6 Å². The lowest BCUT2D eigenvalue weighted by Gasteiger charge is -2.29. The molecule has 0 radical (unpaired) electrons. The van der Waals surface area contributed by atoms with Gasteiger partial charge in [0.2, 0.25) is 11.8 Å². The molecule has 1 rings (SSSR count). The highest BCUT2D eigenvalue weighted by atomic mass is 16.5. The van der Waals surface area contributed by atoms with Crippen molar-refractivity contribution in [1.82, 2.24) is 5.32 Å². The molecular weight excluding hydrogens is 234 g/mol. The molecule has 0 unspecified atom stereocenters. The predicted octanol–water partition coefficient (Wildman–Crippen LogP) is 0.0786. The summed E-state index contributed by atoms with van der Waals surface area (Å²) in [5.74, 6) is -0.563. The molecule has 18 heavy (non-hydrogen) atoms. The van der Waals surface area contributed by atoms with Gasteiger partial charge >= 0.3 is 0 Å². The minimum Gasteiger partial charge on any atom is -0.381 e. The summed E-state index contributed by atoms with van der Waals surface area (Å²) >= 11 is 0. The van der Waals surface area contributed by atoms with Crippen LogP contribution in [0.4, 0.5) is 0 Å². The summed E-state index contributed by atoms with van der Waals surface area (Å²) in [4.78, 5) is 22.5. The van der Waals surface area contributed by atoms with Gasteiger partial charge in [-0.25, -0.2) is 0 Å². The maximum absolute atomic E-state index is 12.0. The summed E-state index contributed by atoms with van der Waals surface area (Å²) in [7, 11) is 0. The summed E-state index contributed by atoms with van der Waals surface area (Å²) in [6.07, 6.45) is 2.55. The molecule has 0 bridgehead atoms. The number of hydrogen-bond donors (Lipinski definition) is 2. The van der Waals surface area contributed by atoms with Gasteiger partial charge in [-0.3, -0.25) is 9.59 Å². The molecule has 1 fully saturated rings. The van der Waals surface area contributed by atoms with Crippen LogP contribution in [0.25, 0.3) is 0 Å². The number of rotatable bonds is 6. The molecule has 1 heterocycles. The van der Waals surface area contributed by atoms with E-state index in [0.29, 0.717) is 51.9 Å². The van der Waals surface area contributed by atoms with E-state index in [9.17, 15) is 9.59 Å². The smallest absolute Gasteiger partial charge is 0.240 e. The minimum atomic E-state index is -0.943. The van der Waals surface area contributed by atoms with Crippen molar-refractivity contribution in [2.45, 2.75) is 32.1 Å². The third-order valence-electron chi connectivity index (χ3n) is 3.13. The van der Waals surface area contributed by atoms with E-state index in [2.05, 4.69) is 11.4 Å². The number of amides is 2. The average Bonchev–Trinajstić information content (AvgIpc) is 2.38. The normalized spacial score (nSPS) is 17.7. The Morgan fingerprint density at radius 2 is 2.00 bits per heavy atom. The number of nitrogens with two attached hydrogens (primary N) is 1. The summed E-state index contributed by atoms with van der Waals surface area (Å²) in [5.41, 5.74) is 4.07. The van der Waals surface area contributed by atoms with Gasteiger partial charge in [-0.05, 0) is 25.7 Å². The van der Waals surface area contributed by atoms with Crippen LogP contribution in [0, 0.1) is 16.7 Å². The minimum absolute atomic E-state index is 0.229. The van der Waals surface area contributed by atoms with E-state index in [1.165, 1.54) is 0 Å². The Kier molecular flexibility index (Phi) is 5.59. The van der Waals surface area contributed by atoms with Gasteiger partial charge in [0.15, 0.2) is 0 Å². The second-order valence-electron chi connectivity index (χ2n) is 4.49. The highest BCUT2D eigenvalue weighted by Gasteiger charge is 2.40. The first kappa shape index (κ1) is 14.5. The van der Waals surface area contributed by atoms with Crippen molar-refractivity contribution in [2.24, 2.45) is 11.1 Å². The molecule has 0 spiro atoms. The number of nitriles is 1. The van der Waals surface area contributed by atoms with Gasteiger partial charge in [0, 0.05) is 26.2 Å². The van der Waals surface area contributed by atoms with Gasteiger partial charge in [0.05, 0.1) is 6.07 Å². The molecule has 0 saturated carbocycles. The lowest BCUT2D eigenvalue weighted by atomic mass is 9.81. The fourth-order valence-corrected chi connectivity index (χ4v) is 1.90. The second-order valence-corrected chi connectivity index (χ2v) is 4.49. The van der Waals surface area contributed by atoms with Gasteiger partial charge in [0.25, 0.3) is 0 Å². The molecular formula is C12H19N3O3. The quantitative estimate of drug-likeness (QED) is 0.654. The van der Waals surface area contributed by atoms with Crippen molar-refractivity contribution in [1.29, 1.82) is 5.26 Å². The largest absolute Gasteiger partial charge is 0.381 e. The molecule has 0 aliphatic carbocycles. The molecule has 1 aliphatic heterocycles. The summed E-state index contributed by atoms with van der Waals surface area (Å²) in [6, 6.07) is 2.11. The van der Waals surface area contributed by atoms with Crippen LogP contribution in [0.3, 0.4) is 0 Å². The maximum atomic E-state index is 12.0. The van der Waals surface area contributed by atoms with Gasteiger partial charge < -0.3 is 15.8 Å². The number of hydrogen-bond acceptors (Lipinski definition) is 4. The molecule has 0 aromatic carbocycles. The zero-order valence-electron chi connectivity index (χ0n) is 10.4. The van der Waals surface area contributed by atoms with Gasteiger partial charge in [0.1, 0.15) is 5.41 Å². The van der Waals surface area contributed by atoms with Crippen LogP contribution in [0.15, 0.2) is 0 Å². The topological polar surface area (TPSA) is 105 Å². The van der Waals surface area contributed by atoms with Crippen molar-refractivity contribution in [3.8, 4) is 6.07 Å². The van der Waals surface area contributed by atoms with E-state index in [-0.39, 0.29) is 11.8 Å². The molecule has 0 aromatic rings. The monoisotopic (exact) mass is 253 g/mol. The molecule has 0 atom stereocenters. The molecule has 1 aliphatic rings. The standard InChI is InChI=1S/C12H19N3O3/c13-9-12(4-7-18-8-5-12)11(17)15-6-2-1-3-10(14)16/h1-8H2,(H2,14,16)(H,15,17). The molecule has 2 amide bonds. The van der Waals surface area contributed by atoms with Gasteiger partial charge in [-0.1, -0.05) is 0 Å². The lowest BCUT2D eigenvalue weighted by molar-refractivity contribution is -0.132. The van der Waals surface area contributed by atoms with Crippen LogP contribution in [0.2, 0.25) is 0 Å². The Balaban J connectivity index is 2.30. The molecule has 1 saturated heterocycles. The van der Waals surface area contributed by atoms with Crippen LogP contribution in [0.1, 0.15) is 32.1 Å². The lowest BCUT2D eigenvalue weighted by Crippen LogP contribution is -2.44. The predicted molar refractivity (Wildman–Crippen MR) is 64.2 cm³/mol. The highest BCUT2D eigenvalue weighted by molar-refractivity contribution is 5.85. The Morgan fingerprint density at radius 1 is 1.33 bits per heavy atom. The van der Waals surface area contributed by atoms with Crippen molar-refractivity contribution < 1.29 is 14.3 Å². The number of carbonyl (C=O) groups excluding carboxylic acids is 2. The van der Waals surface area contributed by atoms with Crippen molar-refractivity contribution >= 4 is 11.8 Å². The van der Waals surface area contributed by atoms with Gasteiger partial charge in [-0.15, -0.1) is 0 Å². The molecule has 3 N–H and O–H groups in total. The Morgan fingerprint density at radius 3 is 2.56 bits per heavy atom. The zero-order chi connectivity index (χ0) is 13.4. The van der Waals surface area contributed by atoms with Crippen LogP contribution in [-0.2, 0) is 14.3 Å². The number of ether oxygens (including phenoxy) is 1. The van der Waals surface area contributed by atoms with E-state index < -0.39 is 5.41 Å². The molecule has 6 heteroatoms. The Bertz CT molecular complexity index is 343. The number of carbonyl (C=O) groups is 2. The molecule has 6 nitrogen and oxygen atoms in total. The number of nitrogens with zero attached hydrogens (tertiary/aromatic N) is 1. The fraction of sp³-hybridized carbons (Fsp3) is 0.750. The second kappa shape index (κ2) is 6.97. The summed E-state index contributed by atoms with van der Waals surface area (Å²) in [6.45, 7) is 1.36. The van der Waals surface area contributed by atoms with Crippen LogP contribution < -0.4 is 11.1 Å². The molecule has 0 aromatic heterocycles. The Hall–Kier alpha value is -1.61.